The molecule has 0 amide bonds. The molecule has 0 unspecified atom stereocenters. The maximum atomic E-state index is 12.6. The van der Waals surface area contributed by atoms with Gasteiger partial charge in [0.1, 0.15) is 13.1 Å². The summed E-state index contributed by atoms with van der Waals surface area (Å²) in [6.45, 7) is 12.5. The van der Waals surface area contributed by atoms with Crippen LogP contribution in [-0.4, -0.2) is 47.8 Å². The van der Waals surface area contributed by atoms with Gasteiger partial charge in [0.05, 0.1) is 31.2 Å². The third kappa shape index (κ3) is 3.87. The van der Waals surface area contributed by atoms with E-state index in [9.17, 15) is 8.42 Å². The maximum absolute atomic E-state index is 12.6. The summed E-state index contributed by atoms with van der Waals surface area (Å²) < 4.78 is 33.2. The van der Waals surface area contributed by atoms with E-state index in [1.165, 1.54) is 4.90 Å². The summed E-state index contributed by atoms with van der Waals surface area (Å²) in [6.07, 6.45) is 0. The van der Waals surface area contributed by atoms with E-state index in [4.69, 9.17) is 4.74 Å². The summed E-state index contributed by atoms with van der Waals surface area (Å²) in [4.78, 5) is 1.80. The fourth-order valence-corrected chi connectivity index (χ4v) is 4.22. The lowest BCUT2D eigenvalue weighted by atomic mass is 10.00. The van der Waals surface area contributed by atoms with Crippen LogP contribution < -0.4 is 9.62 Å². The zero-order valence-corrected chi connectivity index (χ0v) is 14.8. The van der Waals surface area contributed by atoms with Crippen LogP contribution >= 0.6 is 0 Å². The van der Waals surface area contributed by atoms with E-state index in [0.29, 0.717) is 11.4 Å². The number of morpholine rings is 1. The zero-order valence-electron chi connectivity index (χ0n) is 14.0. The van der Waals surface area contributed by atoms with E-state index in [0.717, 1.165) is 55.1 Å². The van der Waals surface area contributed by atoms with Crippen molar-refractivity contribution in [1.82, 2.24) is 4.72 Å². The molecule has 0 aliphatic carbocycles. The third-order valence-electron chi connectivity index (χ3n) is 4.69. The minimum atomic E-state index is -3.45. The molecule has 2 rings (SSSR count). The molecule has 6 heteroatoms. The van der Waals surface area contributed by atoms with E-state index in [2.05, 4.69) is 4.72 Å². The van der Waals surface area contributed by atoms with Gasteiger partial charge in [0.2, 0.25) is 10.0 Å². The van der Waals surface area contributed by atoms with Crippen LogP contribution in [0.15, 0.2) is 11.0 Å². The minimum absolute atomic E-state index is 0.407. The number of aryl methyl sites for hydroxylation is 1. The molecule has 1 aliphatic heterocycles. The second-order valence-electron chi connectivity index (χ2n) is 6.08. The summed E-state index contributed by atoms with van der Waals surface area (Å²) >= 11 is 0. The predicted octanol–water partition coefficient (Wildman–Crippen LogP) is 0.114. The predicted molar refractivity (Wildman–Crippen MR) is 87.0 cm³/mol. The monoisotopic (exact) mass is 327 g/mol. The quantitative estimate of drug-likeness (QED) is 0.807. The lowest BCUT2D eigenvalue weighted by Gasteiger charge is -2.23. The Morgan fingerprint density at radius 1 is 1.09 bits per heavy atom. The van der Waals surface area contributed by atoms with Crippen LogP contribution in [0.3, 0.4) is 0 Å². The molecule has 0 bridgehead atoms. The van der Waals surface area contributed by atoms with E-state index >= 15 is 0 Å². The molecular weight excluding hydrogens is 300 g/mol. The van der Waals surface area contributed by atoms with Gasteiger partial charge in [-0.25, -0.2) is 13.1 Å². The Bertz CT molecular complexity index is 635. The smallest absolute Gasteiger partial charge is 0.241 e. The number of hydrogen-bond donors (Lipinski definition) is 2. The molecule has 1 fully saturated rings. The van der Waals surface area contributed by atoms with Crippen LogP contribution in [0.2, 0.25) is 0 Å². The van der Waals surface area contributed by atoms with Crippen LogP contribution in [0.4, 0.5) is 0 Å². The van der Waals surface area contributed by atoms with Crippen LogP contribution in [0, 0.1) is 27.7 Å². The van der Waals surface area contributed by atoms with Gasteiger partial charge in [-0.05, 0) is 56.0 Å². The molecule has 2 N–H and O–H groups in total. The molecule has 0 saturated carbocycles. The summed E-state index contributed by atoms with van der Waals surface area (Å²) in [5, 5.41) is 0. The summed E-state index contributed by atoms with van der Waals surface area (Å²) in [6, 6.07) is 1.78. The molecule has 1 aromatic rings. The zero-order chi connectivity index (χ0) is 16.3. The van der Waals surface area contributed by atoms with Crippen molar-refractivity contribution >= 4 is 10.0 Å². The number of ether oxygens (including phenoxy) is 1. The summed E-state index contributed by atoms with van der Waals surface area (Å²) in [5.74, 6) is 0. The standard InChI is InChI=1S/C16H26N2O3S/c1-12-11-16(15(4)14(3)13(12)2)22(19,20)17-5-6-18-7-9-21-10-8-18/h11,17H,5-10H2,1-4H3/p+1. The Morgan fingerprint density at radius 2 is 1.73 bits per heavy atom. The van der Waals surface area contributed by atoms with Gasteiger partial charge in [0.15, 0.2) is 0 Å². The average molecular weight is 327 g/mol. The van der Waals surface area contributed by atoms with Crippen molar-refractivity contribution in [3.8, 4) is 0 Å². The topological polar surface area (TPSA) is 59.8 Å². The van der Waals surface area contributed by atoms with Gasteiger partial charge in [0.25, 0.3) is 0 Å². The fraction of sp³-hybridized carbons (Fsp3) is 0.625. The summed E-state index contributed by atoms with van der Waals surface area (Å²) in [7, 11) is -3.45. The molecule has 1 aromatic carbocycles. The molecule has 22 heavy (non-hydrogen) atoms. The van der Waals surface area contributed by atoms with E-state index in [-0.39, 0.29) is 0 Å². The first-order valence-corrected chi connectivity index (χ1v) is 9.29. The van der Waals surface area contributed by atoms with Crippen LogP contribution in [-0.2, 0) is 14.8 Å². The van der Waals surface area contributed by atoms with Gasteiger partial charge < -0.3 is 9.64 Å². The van der Waals surface area contributed by atoms with Crippen molar-refractivity contribution in [2.75, 3.05) is 39.4 Å². The fourth-order valence-electron chi connectivity index (χ4n) is 2.80. The molecule has 1 aliphatic rings. The van der Waals surface area contributed by atoms with Crippen molar-refractivity contribution < 1.29 is 18.1 Å². The molecular formula is C16H27N2O3S+. The van der Waals surface area contributed by atoms with Crippen LogP contribution in [0.5, 0.6) is 0 Å². The molecule has 0 atom stereocenters. The highest BCUT2D eigenvalue weighted by molar-refractivity contribution is 7.89. The van der Waals surface area contributed by atoms with Crippen molar-refractivity contribution in [2.45, 2.75) is 32.6 Å². The van der Waals surface area contributed by atoms with Gasteiger partial charge >= 0.3 is 0 Å². The molecule has 0 radical (unpaired) electrons. The number of nitrogens with one attached hydrogen (secondary N) is 2. The average Bonchev–Trinajstić information content (AvgIpc) is 2.49. The number of sulfonamides is 1. The van der Waals surface area contributed by atoms with Gasteiger partial charge in [-0.3, -0.25) is 0 Å². The Hall–Kier alpha value is -0.950. The van der Waals surface area contributed by atoms with Crippen molar-refractivity contribution in [3.63, 3.8) is 0 Å². The normalized spacial score (nSPS) is 16.9. The van der Waals surface area contributed by atoms with Gasteiger partial charge in [-0.15, -0.1) is 0 Å². The Kier molecular flexibility index (Phi) is 5.60. The number of benzene rings is 1. The highest BCUT2D eigenvalue weighted by Gasteiger charge is 2.21. The first-order chi connectivity index (χ1) is 10.3. The van der Waals surface area contributed by atoms with Crippen LogP contribution in [0.25, 0.3) is 0 Å². The van der Waals surface area contributed by atoms with Crippen molar-refractivity contribution in [2.24, 2.45) is 0 Å². The largest absolute Gasteiger partial charge is 0.370 e. The minimum Gasteiger partial charge on any atom is -0.370 e. The Morgan fingerprint density at radius 3 is 2.36 bits per heavy atom. The Balaban J connectivity index is 2.07. The molecule has 0 aromatic heterocycles. The maximum Gasteiger partial charge on any atom is 0.241 e. The van der Waals surface area contributed by atoms with Gasteiger partial charge in [0, 0.05) is 0 Å². The lowest BCUT2D eigenvalue weighted by Crippen LogP contribution is -3.14. The van der Waals surface area contributed by atoms with Gasteiger partial charge in [-0.2, -0.15) is 0 Å². The third-order valence-corrected chi connectivity index (χ3v) is 6.28. The highest BCUT2D eigenvalue weighted by atomic mass is 32.2. The number of rotatable bonds is 5. The number of hydrogen-bond acceptors (Lipinski definition) is 3. The second kappa shape index (κ2) is 7.08. The van der Waals surface area contributed by atoms with Gasteiger partial charge in [-0.1, -0.05) is 0 Å². The van der Waals surface area contributed by atoms with Crippen molar-refractivity contribution in [1.29, 1.82) is 0 Å². The first-order valence-electron chi connectivity index (χ1n) is 7.81. The lowest BCUT2D eigenvalue weighted by molar-refractivity contribution is -0.906. The van der Waals surface area contributed by atoms with Crippen LogP contribution in [0.1, 0.15) is 22.3 Å². The highest BCUT2D eigenvalue weighted by Crippen LogP contribution is 2.24. The van der Waals surface area contributed by atoms with E-state index in [1.54, 1.807) is 6.07 Å². The second-order valence-corrected chi connectivity index (χ2v) is 7.81. The van der Waals surface area contributed by atoms with E-state index in [1.807, 2.05) is 27.7 Å². The molecule has 5 nitrogen and oxygen atoms in total. The van der Waals surface area contributed by atoms with E-state index < -0.39 is 10.0 Å². The number of quaternary nitrogens is 1. The molecule has 0 spiro atoms. The SMILES string of the molecule is Cc1cc(S(=O)(=O)NCC[NH+]2CCOCC2)c(C)c(C)c1C. The Labute approximate surface area is 133 Å². The molecule has 1 heterocycles. The van der Waals surface area contributed by atoms with Crippen molar-refractivity contribution in [3.05, 3.63) is 28.3 Å². The molecule has 1 saturated heterocycles. The molecule has 124 valence electrons. The first kappa shape index (κ1) is 17.4. The summed E-state index contributed by atoms with van der Waals surface area (Å²) in [5.41, 5.74) is 4.07.